The van der Waals surface area contributed by atoms with Crippen LogP contribution in [0.5, 0.6) is 17.2 Å². The van der Waals surface area contributed by atoms with Crippen molar-refractivity contribution in [2.75, 3.05) is 42.3 Å². The van der Waals surface area contributed by atoms with Gasteiger partial charge in [-0.2, -0.15) is 0 Å². The van der Waals surface area contributed by atoms with Gasteiger partial charge in [0.2, 0.25) is 0 Å². The van der Waals surface area contributed by atoms with Gasteiger partial charge < -0.3 is 35.0 Å². The lowest BCUT2D eigenvalue weighted by Crippen LogP contribution is -2.46. The minimum absolute atomic E-state index is 0. The molecule has 0 heterocycles. The maximum absolute atomic E-state index is 12.3. The van der Waals surface area contributed by atoms with Gasteiger partial charge in [-0.1, -0.05) is 36.4 Å². The second-order valence-electron chi connectivity index (χ2n) is 22.2. The largest absolute Gasteiger partial charge is 0.508 e. The maximum Gasteiger partial charge on any atom is 0.414 e. The molecule has 3 aromatic carbocycles. The third-order valence-electron chi connectivity index (χ3n) is 10.2. The second kappa shape index (κ2) is 32.1. The zero-order valence-electron chi connectivity index (χ0n) is 47.2. The third kappa shape index (κ3) is 31.3. The zero-order valence-corrected chi connectivity index (χ0v) is 51.2. The number of aromatic hydroxyl groups is 1. The van der Waals surface area contributed by atoms with Crippen molar-refractivity contribution in [2.45, 2.75) is 168 Å². The Labute approximate surface area is 456 Å². The molecule has 3 aromatic rings. The van der Waals surface area contributed by atoms with E-state index in [-0.39, 0.29) is 63.1 Å². The van der Waals surface area contributed by atoms with Crippen LogP contribution >= 0.6 is 36.4 Å². The van der Waals surface area contributed by atoms with E-state index in [2.05, 4.69) is 37.1 Å². The molecule has 0 aliphatic carbocycles. The fourth-order valence-corrected chi connectivity index (χ4v) is 7.32. The molecule has 2 atom stereocenters. The number of phenolic OH excluding ortho intramolecular Hbond substituents is 1. The lowest BCUT2D eigenvalue weighted by Gasteiger charge is -2.30. The first-order valence-corrected chi connectivity index (χ1v) is 26.1. The van der Waals surface area contributed by atoms with E-state index >= 15 is 0 Å². The van der Waals surface area contributed by atoms with Gasteiger partial charge in [0, 0.05) is 58.9 Å². The average molecular weight is 1110 g/mol. The Hall–Kier alpha value is -3.48. The fraction of sp³-hybridized carbons (Fsp3) is 0.604. The maximum atomic E-state index is 12.3. The number of hydrogen-bond donors (Lipinski definition) is 4. The van der Waals surface area contributed by atoms with Crippen LogP contribution < -0.4 is 24.7 Å². The van der Waals surface area contributed by atoms with Crippen LogP contribution in [0.15, 0.2) is 54.6 Å². The summed E-state index contributed by atoms with van der Waals surface area (Å²) in [6.07, 6.45) is 4.58. The number of halogens is 3. The van der Waals surface area contributed by atoms with E-state index in [1.807, 2.05) is 125 Å². The van der Waals surface area contributed by atoms with E-state index in [1.165, 1.54) is 31.4 Å². The summed E-state index contributed by atoms with van der Waals surface area (Å²) in [5, 5.41) is 9.09. The van der Waals surface area contributed by atoms with Gasteiger partial charge in [-0.3, -0.25) is 4.79 Å². The van der Waals surface area contributed by atoms with Gasteiger partial charge in [0.25, 0.3) is 0 Å². The minimum atomic E-state index is -1.10. The van der Waals surface area contributed by atoms with E-state index in [0.29, 0.717) is 17.2 Å². The number of nitrogens with one attached hydrogen (secondary N) is 2. The highest BCUT2D eigenvalue weighted by Gasteiger charge is 2.28. The lowest BCUT2D eigenvalue weighted by atomic mass is 9.96. The van der Waals surface area contributed by atoms with Crippen molar-refractivity contribution in [2.24, 2.45) is 5.73 Å². The monoisotopic (exact) mass is 1110 g/mol. The summed E-state index contributed by atoms with van der Waals surface area (Å²) in [5.41, 5.74) is 11.7. The summed E-state index contributed by atoms with van der Waals surface area (Å²) in [6.45, 7) is 29.9. The van der Waals surface area contributed by atoms with Gasteiger partial charge in [0.05, 0.1) is 31.5 Å². The molecule has 0 saturated heterocycles. The molecular weight excluding hydrogens is 1020 g/mol. The van der Waals surface area contributed by atoms with Gasteiger partial charge >= 0.3 is 17.6 Å². The van der Waals surface area contributed by atoms with Gasteiger partial charge in [-0.05, 0) is 206 Å². The van der Waals surface area contributed by atoms with Crippen molar-refractivity contribution >= 4 is 75.9 Å². The lowest BCUT2D eigenvalue weighted by molar-refractivity contribution is 0.170. The molecule has 0 bridgehead atoms. The first-order chi connectivity index (χ1) is 31.7. The molecule has 0 saturated carbocycles. The number of carbonyl (C=O) groups excluding carboxylic acids is 3. The van der Waals surface area contributed by atoms with Crippen molar-refractivity contribution in [1.82, 2.24) is 24.1 Å². The topological polar surface area (TPSA) is 184 Å². The van der Waals surface area contributed by atoms with E-state index in [1.54, 1.807) is 48.4 Å². The SMILES string of the molecule is CN(C)C(=O)Cl.Cc1cc(CCC(C)(C)N)ccc1OC(=O)N(C)C.Cc1cc(CCC(C)(C)N[S@](=O)C(C)(C)C)ccc1O.Cc1cc(CCC(C)(C)N[S@](=O)C(C)(C)C)ccc1OC(=O)N(C)C.Cl.Cl. The molecule has 0 fully saturated rings. The number of nitrogens with two attached hydrogens (primary N) is 1. The Balaban J connectivity index is -0.000000932. The number of amides is 3. The quantitative estimate of drug-likeness (QED) is 0.0849. The summed E-state index contributed by atoms with van der Waals surface area (Å²) in [5.74, 6) is 1.52. The van der Waals surface area contributed by atoms with E-state index < -0.39 is 27.3 Å². The third-order valence-corrected chi connectivity index (χ3v) is 14.2. The van der Waals surface area contributed by atoms with Crippen LogP contribution in [0.3, 0.4) is 0 Å². The molecule has 0 aliphatic heterocycles. The number of aryl methyl sites for hydroxylation is 6. The van der Waals surface area contributed by atoms with Gasteiger partial charge in [-0.15, -0.1) is 24.8 Å². The fourth-order valence-electron chi connectivity index (χ4n) is 5.50. The highest BCUT2D eigenvalue weighted by Crippen LogP contribution is 2.25. The van der Waals surface area contributed by atoms with E-state index in [0.717, 1.165) is 55.2 Å². The summed E-state index contributed by atoms with van der Waals surface area (Å²) < 4.78 is 41.0. The van der Waals surface area contributed by atoms with E-state index in [9.17, 15) is 27.9 Å². The van der Waals surface area contributed by atoms with Crippen LogP contribution in [0, 0.1) is 20.8 Å². The van der Waals surface area contributed by atoms with Gasteiger partial charge in [0.15, 0.2) is 0 Å². The average Bonchev–Trinajstić information content (AvgIpc) is 3.20. The standard InChI is InChI=1S/C19H32N2O3S.C16H27NO2S.C15H24N2O2.C3H6ClNO.2ClH/c1-14-13-15(9-10-16(14)24-17(22)21(7)8)11-12-19(5,6)20-25(23)18(2,3)4;1-12-11-13(7-8-14(12)18)9-10-16(5,6)17-20(19)15(2,3)4;1-11-10-12(8-9-15(2,3)16)6-7-13(11)19-14(18)17(4)5;1-5(2)3(4)6;;/h9-10,13,20H,11-12H2,1-8H3;7-8,11,17-18H,9-10H2,1-6H3;6-7,10H,8-9,16H2,1-5H3;1-2H3;2*1H/t25-;20-;;;;/m11..../s1. The number of phenols is 1. The summed E-state index contributed by atoms with van der Waals surface area (Å²) >= 11 is 4.90. The number of ether oxygens (including phenoxy) is 2. The molecule has 72 heavy (non-hydrogen) atoms. The van der Waals surface area contributed by atoms with Crippen molar-refractivity contribution in [1.29, 1.82) is 0 Å². The summed E-state index contributed by atoms with van der Waals surface area (Å²) in [6, 6.07) is 17.4. The predicted octanol–water partition coefficient (Wildman–Crippen LogP) is 11.8. The van der Waals surface area contributed by atoms with Gasteiger partial charge in [-0.25, -0.2) is 27.5 Å². The van der Waals surface area contributed by atoms with Crippen LogP contribution in [0.4, 0.5) is 14.4 Å². The molecule has 0 spiro atoms. The molecule has 14 nitrogen and oxygen atoms in total. The van der Waals surface area contributed by atoms with Crippen LogP contribution in [-0.2, 0) is 41.2 Å². The summed E-state index contributed by atoms with van der Waals surface area (Å²) in [4.78, 5) is 37.1. The van der Waals surface area contributed by atoms with Crippen molar-refractivity contribution in [3.63, 3.8) is 0 Å². The molecule has 0 radical (unpaired) electrons. The second-order valence-corrected chi connectivity index (χ2v) is 26.5. The van der Waals surface area contributed by atoms with Crippen LogP contribution in [0.2, 0.25) is 0 Å². The number of rotatable bonds is 15. The number of carbonyl (C=O) groups is 3. The molecule has 5 N–H and O–H groups in total. The molecule has 19 heteroatoms. The van der Waals surface area contributed by atoms with Crippen LogP contribution in [-0.4, -0.2) is 114 Å². The smallest absolute Gasteiger partial charge is 0.414 e. The molecule has 0 aromatic heterocycles. The molecule has 0 unspecified atom stereocenters. The Morgan fingerprint density at radius 3 is 1.10 bits per heavy atom. The number of nitrogens with zero attached hydrogens (tertiary/aromatic N) is 3. The highest BCUT2D eigenvalue weighted by atomic mass is 35.5. The number of hydrogen-bond acceptors (Lipinski definition) is 9. The first kappa shape index (κ1) is 72.8. The van der Waals surface area contributed by atoms with Crippen molar-refractivity contribution in [3.8, 4) is 17.2 Å². The highest BCUT2D eigenvalue weighted by molar-refractivity contribution is 7.84. The van der Waals surface area contributed by atoms with Crippen LogP contribution in [0.25, 0.3) is 0 Å². The van der Waals surface area contributed by atoms with Crippen molar-refractivity contribution < 1.29 is 37.4 Å². The van der Waals surface area contributed by atoms with Gasteiger partial charge in [0.1, 0.15) is 17.2 Å². The number of benzene rings is 3. The van der Waals surface area contributed by atoms with Crippen LogP contribution in [0.1, 0.15) is 136 Å². The Bertz CT molecular complexity index is 2200. The Kier molecular flexibility index (Phi) is 32.4. The van der Waals surface area contributed by atoms with Crippen molar-refractivity contribution in [3.05, 3.63) is 88.0 Å². The predicted molar refractivity (Wildman–Crippen MR) is 308 cm³/mol. The Morgan fingerprint density at radius 1 is 0.556 bits per heavy atom. The Morgan fingerprint density at radius 2 is 0.847 bits per heavy atom. The minimum Gasteiger partial charge on any atom is -0.508 e. The normalized spacial score (nSPS) is 12.3. The summed E-state index contributed by atoms with van der Waals surface area (Å²) in [7, 11) is 7.66. The molecule has 3 amide bonds. The van der Waals surface area contributed by atoms with E-state index in [4.69, 9.17) is 26.8 Å². The molecule has 3 rings (SSSR count). The molecule has 0 aliphatic rings. The first-order valence-electron chi connectivity index (χ1n) is 23.5. The molecular formula is C53H91Cl3N6O8S2. The molecule has 414 valence electrons. The zero-order chi connectivity index (χ0) is 54.7.